The molecule has 11 aromatic rings. The number of para-hydroxylation sites is 2. The molecule has 0 aliphatic rings. The number of benzene rings is 10. The molecule has 0 saturated carbocycles. The maximum Gasteiger partial charge on any atom is 0.143 e. The molecule has 0 fully saturated rings. The van der Waals surface area contributed by atoms with E-state index in [1.165, 1.54) is 54.6 Å². The molecule has 2 nitrogen and oxygen atoms in total. The molecule has 0 radical (unpaired) electrons. The summed E-state index contributed by atoms with van der Waals surface area (Å²) in [7, 11) is 0. The fourth-order valence-electron chi connectivity index (χ4n) is 8.44. The second-order valence-electron chi connectivity index (χ2n) is 14.5. The van der Waals surface area contributed by atoms with E-state index in [-0.39, 0.29) is 0 Å². The van der Waals surface area contributed by atoms with Gasteiger partial charge >= 0.3 is 0 Å². The molecule has 2 heteroatoms. The predicted octanol–water partition coefficient (Wildman–Crippen LogP) is 15.5. The van der Waals surface area contributed by atoms with E-state index in [2.05, 4.69) is 205 Å². The first-order valence-corrected chi connectivity index (χ1v) is 19.2. The average molecular weight is 714 g/mol. The fourth-order valence-corrected chi connectivity index (χ4v) is 8.44. The van der Waals surface area contributed by atoms with Gasteiger partial charge in [-0.15, -0.1) is 0 Å². The Morgan fingerprint density at radius 1 is 0.304 bits per heavy atom. The Morgan fingerprint density at radius 3 is 1.61 bits per heavy atom. The van der Waals surface area contributed by atoms with Gasteiger partial charge in [0, 0.05) is 33.1 Å². The summed E-state index contributed by atoms with van der Waals surface area (Å²) in [5.41, 5.74) is 12.1. The Hall–Kier alpha value is -7.42. The quantitative estimate of drug-likeness (QED) is 0.160. The largest absolute Gasteiger partial charge is 0.455 e. The van der Waals surface area contributed by atoms with Gasteiger partial charge in [-0.3, -0.25) is 0 Å². The summed E-state index contributed by atoms with van der Waals surface area (Å²) in [6, 6.07) is 76.5. The van der Waals surface area contributed by atoms with Gasteiger partial charge in [-0.05, 0) is 97.2 Å². The Morgan fingerprint density at radius 2 is 0.839 bits per heavy atom. The minimum absolute atomic E-state index is 0.908. The lowest BCUT2D eigenvalue weighted by Crippen LogP contribution is -2.10. The maximum absolute atomic E-state index is 6.42. The van der Waals surface area contributed by atoms with Crippen molar-refractivity contribution in [2.45, 2.75) is 0 Å². The van der Waals surface area contributed by atoms with Crippen LogP contribution in [-0.4, -0.2) is 0 Å². The highest BCUT2D eigenvalue weighted by molar-refractivity contribution is 6.13. The molecule has 11 rings (SSSR count). The molecular weight excluding hydrogens is 679 g/mol. The van der Waals surface area contributed by atoms with Crippen LogP contribution in [0.15, 0.2) is 217 Å². The molecule has 0 atom stereocenters. The highest BCUT2D eigenvalue weighted by atomic mass is 16.3. The summed E-state index contributed by atoms with van der Waals surface area (Å²) in [6.45, 7) is 0. The Labute approximate surface area is 325 Å². The molecule has 1 aromatic heterocycles. The SMILES string of the molecule is c1ccc2cc(-c3ccc(-c4ccc(N(c5ccc(-c6cccc7c6oc6ccccc67)cc5)c5cccc6c5ccc5ccccc56)cc4)cc3)ccc2c1. The molecule has 56 heavy (non-hydrogen) atoms. The van der Waals surface area contributed by atoms with Crippen LogP contribution in [0.3, 0.4) is 0 Å². The highest BCUT2D eigenvalue weighted by Crippen LogP contribution is 2.43. The lowest BCUT2D eigenvalue weighted by Gasteiger charge is -2.27. The first-order chi connectivity index (χ1) is 27.7. The van der Waals surface area contributed by atoms with Gasteiger partial charge in [-0.1, -0.05) is 170 Å². The summed E-state index contributed by atoms with van der Waals surface area (Å²) in [6.07, 6.45) is 0. The standard InChI is InChI=1S/C54H35NO/c1-2-11-42-35-43(24-23-36(42)9-1)39-21-19-37(20-22-39)38-25-30-44(31-26-38)55(52-17-8-15-48-46-12-4-3-10-40(46)29-34-49(48)52)45-32-27-41(28-33-45)47-14-7-16-51-50-13-5-6-18-53(50)56-54(47)51/h1-35H. The monoisotopic (exact) mass is 713 g/mol. The molecule has 1 heterocycles. The van der Waals surface area contributed by atoms with Crippen molar-refractivity contribution in [2.75, 3.05) is 4.90 Å². The first kappa shape index (κ1) is 32.0. The van der Waals surface area contributed by atoms with E-state index in [1.54, 1.807) is 0 Å². The zero-order chi connectivity index (χ0) is 37.0. The molecule has 0 unspecified atom stereocenters. The van der Waals surface area contributed by atoms with E-state index in [1.807, 2.05) is 12.1 Å². The maximum atomic E-state index is 6.42. The van der Waals surface area contributed by atoms with Crippen LogP contribution in [0, 0.1) is 0 Å². The molecule has 0 bridgehead atoms. The van der Waals surface area contributed by atoms with Crippen molar-refractivity contribution in [3.8, 4) is 33.4 Å². The fraction of sp³-hybridized carbons (Fsp3) is 0. The van der Waals surface area contributed by atoms with Gasteiger partial charge in [0.25, 0.3) is 0 Å². The van der Waals surface area contributed by atoms with Gasteiger partial charge in [0.15, 0.2) is 0 Å². The molecule has 10 aromatic carbocycles. The van der Waals surface area contributed by atoms with Crippen molar-refractivity contribution in [3.05, 3.63) is 212 Å². The normalized spacial score (nSPS) is 11.6. The van der Waals surface area contributed by atoms with Crippen molar-refractivity contribution >= 4 is 71.3 Å². The third-order valence-corrected chi connectivity index (χ3v) is 11.3. The van der Waals surface area contributed by atoms with E-state index < -0.39 is 0 Å². The highest BCUT2D eigenvalue weighted by Gasteiger charge is 2.18. The molecule has 0 N–H and O–H groups in total. The minimum Gasteiger partial charge on any atom is -0.455 e. The zero-order valence-corrected chi connectivity index (χ0v) is 30.6. The summed E-state index contributed by atoms with van der Waals surface area (Å²) < 4.78 is 6.42. The minimum atomic E-state index is 0.908. The molecule has 0 aliphatic heterocycles. The second kappa shape index (κ2) is 13.2. The molecule has 0 saturated heterocycles. The molecule has 0 aliphatic carbocycles. The van der Waals surface area contributed by atoms with E-state index in [4.69, 9.17) is 4.42 Å². The third-order valence-electron chi connectivity index (χ3n) is 11.3. The van der Waals surface area contributed by atoms with Crippen molar-refractivity contribution in [1.29, 1.82) is 0 Å². The number of furan rings is 1. The van der Waals surface area contributed by atoms with Gasteiger partial charge in [0.2, 0.25) is 0 Å². The van der Waals surface area contributed by atoms with E-state index in [9.17, 15) is 0 Å². The van der Waals surface area contributed by atoms with Crippen molar-refractivity contribution in [2.24, 2.45) is 0 Å². The first-order valence-electron chi connectivity index (χ1n) is 19.2. The Balaban J connectivity index is 0.989. The van der Waals surface area contributed by atoms with Gasteiger partial charge in [-0.25, -0.2) is 0 Å². The van der Waals surface area contributed by atoms with Crippen LogP contribution in [0.5, 0.6) is 0 Å². The Kier molecular flexibility index (Phi) is 7.53. The van der Waals surface area contributed by atoms with E-state index >= 15 is 0 Å². The smallest absolute Gasteiger partial charge is 0.143 e. The molecule has 0 amide bonds. The zero-order valence-electron chi connectivity index (χ0n) is 30.6. The van der Waals surface area contributed by atoms with Gasteiger partial charge in [0.05, 0.1) is 5.69 Å². The van der Waals surface area contributed by atoms with Crippen LogP contribution >= 0.6 is 0 Å². The average Bonchev–Trinajstić information content (AvgIpc) is 3.66. The number of anilines is 3. The second-order valence-corrected chi connectivity index (χ2v) is 14.5. The number of fused-ring (bicyclic) bond motifs is 7. The van der Waals surface area contributed by atoms with Crippen molar-refractivity contribution < 1.29 is 4.42 Å². The molecular formula is C54H35NO. The lowest BCUT2D eigenvalue weighted by molar-refractivity contribution is 0.670. The van der Waals surface area contributed by atoms with Crippen LogP contribution in [0.2, 0.25) is 0 Å². The van der Waals surface area contributed by atoms with Crippen molar-refractivity contribution in [3.63, 3.8) is 0 Å². The summed E-state index contributed by atoms with van der Waals surface area (Å²) in [5, 5.41) is 9.72. The molecule has 262 valence electrons. The van der Waals surface area contributed by atoms with Gasteiger partial charge in [0.1, 0.15) is 11.2 Å². The molecule has 0 spiro atoms. The van der Waals surface area contributed by atoms with Crippen LogP contribution < -0.4 is 4.90 Å². The number of rotatable bonds is 6. The third kappa shape index (κ3) is 5.42. The van der Waals surface area contributed by atoms with Crippen molar-refractivity contribution in [1.82, 2.24) is 0 Å². The number of nitrogens with zero attached hydrogens (tertiary/aromatic N) is 1. The van der Waals surface area contributed by atoms with E-state index in [0.717, 1.165) is 50.1 Å². The van der Waals surface area contributed by atoms with Gasteiger partial charge < -0.3 is 9.32 Å². The summed E-state index contributed by atoms with van der Waals surface area (Å²) in [4.78, 5) is 2.38. The van der Waals surface area contributed by atoms with Crippen LogP contribution in [0.25, 0.3) is 87.6 Å². The summed E-state index contributed by atoms with van der Waals surface area (Å²) in [5.74, 6) is 0. The van der Waals surface area contributed by atoms with Crippen LogP contribution in [0.4, 0.5) is 17.1 Å². The predicted molar refractivity (Wildman–Crippen MR) is 237 cm³/mol. The summed E-state index contributed by atoms with van der Waals surface area (Å²) >= 11 is 0. The van der Waals surface area contributed by atoms with Gasteiger partial charge in [-0.2, -0.15) is 0 Å². The van der Waals surface area contributed by atoms with Crippen LogP contribution in [0.1, 0.15) is 0 Å². The Bertz CT molecular complexity index is 3230. The number of hydrogen-bond donors (Lipinski definition) is 0. The van der Waals surface area contributed by atoms with E-state index in [0.29, 0.717) is 0 Å². The topological polar surface area (TPSA) is 16.4 Å². The lowest BCUT2D eigenvalue weighted by atomic mass is 9.97. The van der Waals surface area contributed by atoms with Crippen LogP contribution in [-0.2, 0) is 0 Å². The number of hydrogen-bond acceptors (Lipinski definition) is 2.